The first-order valence-electron chi connectivity index (χ1n) is 4.60. The van der Waals surface area contributed by atoms with E-state index < -0.39 is 4.92 Å². The molecule has 0 fully saturated rings. The van der Waals surface area contributed by atoms with Crippen LogP contribution in [0.4, 0.5) is 5.69 Å². The zero-order valence-corrected chi connectivity index (χ0v) is 11.4. The van der Waals surface area contributed by atoms with E-state index in [2.05, 4.69) is 15.8 Å². The number of hydrogen-bond donors (Lipinski definition) is 2. The Morgan fingerprint density at radius 2 is 2.17 bits per heavy atom. The number of hydrogen-bond acceptors (Lipinski definition) is 4. The summed E-state index contributed by atoms with van der Waals surface area (Å²) in [6.07, 6.45) is 1.31. The van der Waals surface area contributed by atoms with Gasteiger partial charge in [-0.1, -0.05) is 23.2 Å². The molecule has 0 aliphatic rings. The highest BCUT2D eigenvalue weighted by Gasteiger charge is 2.15. The van der Waals surface area contributed by atoms with Crippen LogP contribution in [0.5, 0.6) is 0 Å². The van der Waals surface area contributed by atoms with Crippen molar-refractivity contribution in [2.24, 2.45) is 5.10 Å². The molecule has 1 aromatic rings. The van der Waals surface area contributed by atoms with Crippen molar-refractivity contribution >= 4 is 52.4 Å². The average molecular weight is 307 g/mol. The molecule has 2 N–H and O–H groups in total. The highest BCUT2D eigenvalue weighted by molar-refractivity contribution is 7.80. The van der Waals surface area contributed by atoms with Crippen LogP contribution in [0.15, 0.2) is 17.2 Å². The Morgan fingerprint density at radius 1 is 1.50 bits per heavy atom. The van der Waals surface area contributed by atoms with Crippen LogP contribution in [0.3, 0.4) is 0 Å². The third-order valence-corrected chi connectivity index (χ3v) is 2.79. The molecule has 1 rings (SSSR count). The Hall–Kier alpha value is -1.44. The first kappa shape index (κ1) is 14.6. The van der Waals surface area contributed by atoms with Crippen molar-refractivity contribution < 1.29 is 4.92 Å². The molecule has 9 heteroatoms. The quantitative estimate of drug-likeness (QED) is 0.388. The summed E-state index contributed by atoms with van der Waals surface area (Å²) in [6, 6.07) is 2.53. The van der Waals surface area contributed by atoms with Crippen molar-refractivity contribution in [1.82, 2.24) is 10.7 Å². The molecule has 0 saturated carbocycles. The molecule has 0 heterocycles. The third-order valence-electron chi connectivity index (χ3n) is 1.86. The minimum Gasteiger partial charge on any atom is -0.364 e. The van der Waals surface area contributed by atoms with Crippen molar-refractivity contribution in [2.45, 2.75) is 0 Å². The molecule has 0 spiro atoms. The summed E-state index contributed by atoms with van der Waals surface area (Å²) in [7, 11) is 1.63. The van der Waals surface area contributed by atoms with E-state index in [9.17, 15) is 10.1 Å². The number of thiocarbonyl (C=S) groups is 1. The first-order chi connectivity index (χ1) is 8.45. The predicted molar refractivity (Wildman–Crippen MR) is 75.5 cm³/mol. The van der Waals surface area contributed by atoms with Crippen LogP contribution >= 0.6 is 35.4 Å². The fourth-order valence-electron chi connectivity index (χ4n) is 1.01. The summed E-state index contributed by atoms with van der Waals surface area (Å²) >= 11 is 16.4. The van der Waals surface area contributed by atoms with Gasteiger partial charge in [0.15, 0.2) is 5.11 Å². The molecule has 0 aliphatic carbocycles. The number of benzene rings is 1. The molecule has 0 radical (unpaired) electrons. The van der Waals surface area contributed by atoms with Crippen LogP contribution in [0.2, 0.25) is 10.0 Å². The van der Waals surface area contributed by atoms with Gasteiger partial charge in [0.05, 0.1) is 16.2 Å². The summed E-state index contributed by atoms with van der Waals surface area (Å²) in [6.45, 7) is 0. The van der Waals surface area contributed by atoms with Gasteiger partial charge in [-0.15, -0.1) is 0 Å². The standard InChI is InChI=1S/C9H8Cl2N4O2S/c1-12-9(18)14-13-4-5-2-8(15(16)17)7(11)3-6(5)10/h2-4H,1H3,(H2,12,14,18)/b13-4+. The molecule has 96 valence electrons. The zero-order valence-electron chi connectivity index (χ0n) is 9.11. The van der Waals surface area contributed by atoms with Crippen LogP contribution in [0.25, 0.3) is 0 Å². The lowest BCUT2D eigenvalue weighted by Crippen LogP contribution is -2.28. The van der Waals surface area contributed by atoms with Crippen molar-refractivity contribution in [3.05, 3.63) is 37.9 Å². The maximum Gasteiger partial charge on any atom is 0.288 e. The summed E-state index contributed by atoms with van der Waals surface area (Å²) in [5.74, 6) is 0. The second-order valence-corrected chi connectivity index (χ2v) is 4.25. The van der Waals surface area contributed by atoms with E-state index in [0.29, 0.717) is 10.7 Å². The summed E-state index contributed by atoms with van der Waals surface area (Å²) in [5, 5.41) is 17.7. The van der Waals surface area contributed by atoms with E-state index in [1.54, 1.807) is 7.05 Å². The van der Waals surface area contributed by atoms with E-state index in [4.69, 9.17) is 35.4 Å². The smallest absolute Gasteiger partial charge is 0.288 e. The molecule has 0 atom stereocenters. The van der Waals surface area contributed by atoms with Gasteiger partial charge in [-0.3, -0.25) is 15.5 Å². The van der Waals surface area contributed by atoms with Gasteiger partial charge in [-0.2, -0.15) is 5.10 Å². The summed E-state index contributed by atoms with van der Waals surface area (Å²) in [4.78, 5) is 10.1. The van der Waals surface area contributed by atoms with E-state index in [-0.39, 0.29) is 15.7 Å². The second-order valence-electron chi connectivity index (χ2n) is 3.03. The molecule has 0 unspecified atom stereocenters. The number of nitro groups is 1. The van der Waals surface area contributed by atoms with Gasteiger partial charge in [0.25, 0.3) is 5.69 Å². The number of halogens is 2. The van der Waals surface area contributed by atoms with Crippen LogP contribution < -0.4 is 10.7 Å². The van der Waals surface area contributed by atoms with Gasteiger partial charge in [0.1, 0.15) is 5.02 Å². The van der Waals surface area contributed by atoms with E-state index in [1.807, 2.05) is 0 Å². The number of nitrogens with zero attached hydrogens (tertiary/aromatic N) is 2. The molecular weight excluding hydrogens is 299 g/mol. The average Bonchev–Trinajstić information content (AvgIpc) is 2.31. The lowest BCUT2D eigenvalue weighted by atomic mass is 10.2. The molecule has 0 saturated heterocycles. The lowest BCUT2D eigenvalue weighted by molar-refractivity contribution is -0.384. The molecular formula is C9H8Cl2N4O2S. The maximum absolute atomic E-state index is 10.7. The lowest BCUT2D eigenvalue weighted by Gasteiger charge is -2.02. The second kappa shape index (κ2) is 6.48. The Labute approximate surface area is 118 Å². The monoisotopic (exact) mass is 306 g/mol. The van der Waals surface area contributed by atoms with Gasteiger partial charge in [0.2, 0.25) is 0 Å². The van der Waals surface area contributed by atoms with E-state index in [1.165, 1.54) is 18.3 Å². The fourth-order valence-corrected chi connectivity index (χ4v) is 1.56. The van der Waals surface area contributed by atoms with Crippen LogP contribution in [0.1, 0.15) is 5.56 Å². The predicted octanol–water partition coefficient (Wildman–Crippen LogP) is 2.33. The highest BCUT2D eigenvalue weighted by Crippen LogP contribution is 2.29. The number of nitro benzene ring substituents is 1. The normalized spacial score (nSPS) is 10.4. The van der Waals surface area contributed by atoms with Crippen molar-refractivity contribution in [3.63, 3.8) is 0 Å². The van der Waals surface area contributed by atoms with Gasteiger partial charge < -0.3 is 5.32 Å². The van der Waals surface area contributed by atoms with Gasteiger partial charge in [-0.05, 0) is 18.3 Å². The van der Waals surface area contributed by atoms with Gasteiger partial charge in [-0.25, -0.2) is 0 Å². The SMILES string of the molecule is CNC(=S)N/N=C/c1cc([N+](=O)[O-])c(Cl)cc1Cl. The van der Waals surface area contributed by atoms with Crippen LogP contribution in [0, 0.1) is 10.1 Å². The Balaban J connectivity index is 2.99. The van der Waals surface area contributed by atoms with Crippen molar-refractivity contribution in [3.8, 4) is 0 Å². The van der Waals surface area contributed by atoms with Crippen LogP contribution in [-0.4, -0.2) is 23.3 Å². The molecule has 0 aliphatic heterocycles. The minimum atomic E-state index is -0.596. The number of hydrazone groups is 1. The molecule has 6 nitrogen and oxygen atoms in total. The number of nitrogens with one attached hydrogen (secondary N) is 2. The number of rotatable bonds is 3. The Bertz CT molecular complexity index is 522. The summed E-state index contributed by atoms with van der Waals surface area (Å²) in [5.41, 5.74) is 2.62. The minimum absolute atomic E-state index is 0.0270. The molecule has 0 bridgehead atoms. The van der Waals surface area contributed by atoms with Crippen LogP contribution in [-0.2, 0) is 0 Å². The largest absolute Gasteiger partial charge is 0.364 e. The zero-order chi connectivity index (χ0) is 13.7. The molecule has 18 heavy (non-hydrogen) atoms. The topological polar surface area (TPSA) is 79.6 Å². The van der Waals surface area contributed by atoms with E-state index >= 15 is 0 Å². The molecule has 0 amide bonds. The Morgan fingerprint density at radius 3 is 2.72 bits per heavy atom. The first-order valence-corrected chi connectivity index (χ1v) is 5.76. The molecule has 0 aromatic heterocycles. The highest BCUT2D eigenvalue weighted by atomic mass is 35.5. The van der Waals surface area contributed by atoms with Crippen molar-refractivity contribution in [1.29, 1.82) is 0 Å². The van der Waals surface area contributed by atoms with Gasteiger partial charge >= 0.3 is 0 Å². The Kier molecular flexibility index (Phi) is 5.26. The maximum atomic E-state index is 10.7. The van der Waals surface area contributed by atoms with Crippen molar-refractivity contribution in [2.75, 3.05) is 7.05 Å². The third kappa shape index (κ3) is 3.80. The summed E-state index contributed by atoms with van der Waals surface area (Å²) < 4.78 is 0. The van der Waals surface area contributed by atoms with Gasteiger partial charge in [0, 0.05) is 18.7 Å². The molecule has 1 aromatic carbocycles. The van der Waals surface area contributed by atoms with E-state index in [0.717, 1.165) is 0 Å². The fraction of sp³-hybridized carbons (Fsp3) is 0.111.